The monoisotopic (exact) mass is 292 g/mol. The van der Waals surface area contributed by atoms with Crippen LogP contribution >= 0.6 is 0 Å². The third-order valence-corrected chi connectivity index (χ3v) is 3.84. The summed E-state index contributed by atoms with van der Waals surface area (Å²) in [5.74, 6) is -0.638. The summed E-state index contributed by atoms with van der Waals surface area (Å²) in [4.78, 5) is 24.0. The minimum atomic E-state index is -1.12. The van der Waals surface area contributed by atoms with Gasteiger partial charge in [-0.15, -0.1) is 0 Å². The molecule has 1 heterocycles. The molecule has 1 aliphatic rings. The number of carbonyl (C=O) groups is 2. The quantitative estimate of drug-likeness (QED) is 0.625. The van der Waals surface area contributed by atoms with E-state index in [1.165, 1.54) is 0 Å². The molecule has 0 spiro atoms. The second-order valence-corrected chi connectivity index (χ2v) is 6.37. The third-order valence-electron chi connectivity index (χ3n) is 3.03. The van der Waals surface area contributed by atoms with Gasteiger partial charge in [-0.3, -0.25) is 4.21 Å². The van der Waals surface area contributed by atoms with Crippen LogP contribution in [0.25, 0.3) is 0 Å². The Kier molecular flexibility index (Phi) is 5.74. The summed E-state index contributed by atoms with van der Waals surface area (Å²) < 4.78 is 11.0. The van der Waals surface area contributed by atoms with Crippen LogP contribution in [-0.2, 0) is 15.6 Å². The number of rotatable bonds is 5. The third kappa shape index (κ3) is 4.79. The summed E-state index contributed by atoms with van der Waals surface area (Å²) in [7, 11) is -0.922. The van der Waals surface area contributed by atoms with Crippen LogP contribution in [0.5, 0.6) is 0 Å². The van der Waals surface area contributed by atoms with Gasteiger partial charge in [-0.2, -0.15) is 0 Å². The maximum absolute atomic E-state index is 11.9. The minimum Gasteiger partial charge on any atom is -0.480 e. The summed E-state index contributed by atoms with van der Waals surface area (Å²) in [6.07, 6.45) is 1.40. The molecule has 0 aliphatic carbocycles. The molecule has 2 amide bonds. The highest BCUT2D eigenvalue weighted by molar-refractivity contribution is 7.84. The Morgan fingerprint density at radius 3 is 2.68 bits per heavy atom. The Morgan fingerprint density at radius 2 is 2.16 bits per heavy atom. The molecule has 1 aliphatic heterocycles. The highest BCUT2D eigenvalue weighted by atomic mass is 32.2. The van der Waals surface area contributed by atoms with Gasteiger partial charge >= 0.3 is 12.0 Å². The van der Waals surface area contributed by atoms with Gasteiger partial charge in [0.2, 0.25) is 0 Å². The highest BCUT2D eigenvalue weighted by Crippen LogP contribution is 2.18. The number of likely N-dealkylation sites (tertiary alicyclic amines) is 1. The Hall–Kier alpha value is -1.15. The second-order valence-electron chi connectivity index (χ2n) is 4.81. The number of hydrogen-bond acceptors (Lipinski definition) is 4. The first kappa shape index (κ1) is 15.9. The van der Waals surface area contributed by atoms with Crippen LogP contribution in [0, 0.1) is 0 Å². The summed E-state index contributed by atoms with van der Waals surface area (Å²) >= 11 is 0. The molecule has 4 atom stereocenters. The zero-order valence-corrected chi connectivity index (χ0v) is 11.9. The standard InChI is InChI=1S/C11H20N2O5S/c1-7(3-4-19(2)18)12-11(17)13-6-8(14)5-9(13)10(15)16/h7-9,14H,3-6H2,1-2H3,(H,12,17)(H,15,16)/t7?,8?,9-,19?/m0/s1. The number of carboxylic acid groups (broad SMARTS) is 1. The average Bonchev–Trinajstić information content (AvgIpc) is 2.69. The number of aliphatic hydroxyl groups is 1. The van der Waals surface area contributed by atoms with E-state index in [2.05, 4.69) is 5.32 Å². The van der Waals surface area contributed by atoms with E-state index in [4.69, 9.17) is 5.11 Å². The van der Waals surface area contributed by atoms with Gasteiger partial charge in [-0.25, -0.2) is 9.59 Å². The first-order valence-corrected chi connectivity index (χ1v) is 7.82. The molecule has 7 nitrogen and oxygen atoms in total. The van der Waals surface area contributed by atoms with E-state index < -0.39 is 34.9 Å². The van der Waals surface area contributed by atoms with Crippen LogP contribution in [-0.4, -0.2) is 68.1 Å². The van der Waals surface area contributed by atoms with E-state index >= 15 is 0 Å². The Balaban J connectivity index is 2.52. The molecule has 110 valence electrons. The molecule has 0 saturated carbocycles. The van der Waals surface area contributed by atoms with Gasteiger partial charge in [-0.1, -0.05) is 0 Å². The SMILES string of the molecule is CC(CCS(C)=O)NC(=O)N1CC(O)C[C@H]1C(=O)O. The van der Waals surface area contributed by atoms with Gasteiger partial charge in [0.25, 0.3) is 0 Å². The molecule has 0 bridgehead atoms. The summed E-state index contributed by atoms with van der Waals surface area (Å²) in [5.41, 5.74) is 0. The van der Waals surface area contributed by atoms with Crippen molar-refractivity contribution in [3.8, 4) is 0 Å². The summed E-state index contributed by atoms with van der Waals surface area (Å²) in [6.45, 7) is 1.79. The van der Waals surface area contributed by atoms with Crippen LogP contribution < -0.4 is 5.32 Å². The van der Waals surface area contributed by atoms with Crippen molar-refractivity contribution >= 4 is 22.8 Å². The molecule has 1 saturated heterocycles. The molecule has 19 heavy (non-hydrogen) atoms. The van der Waals surface area contributed by atoms with Gasteiger partial charge in [0, 0.05) is 41.8 Å². The van der Waals surface area contributed by atoms with Crippen molar-refractivity contribution in [2.75, 3.05) is 18.6 Å². The predicted octanol–water partition coefficient (Wildman–Crippen LogP) is -0.627. The lowest BCUT2D eigenvalue weighted by molar-refractivity contribution is -0.141. The van der Waals surface area contributed by atoms with E-state index in [9.17, 15) is 18.9 Å². The van der Waals surface area contributed by atoms with Crippen molar-refractivity contribution in [2.45, 2.75) is 38.0 Å². The van der Waals surface area contributed by atoms with Crippen molar-refractivity contribution in [1.29, 1.82) is 0 Å². The van der Waals surface area contributed by atoms with E-state index in [0.29, 0.717) is 12.2 Å². The fourth-order valence-corrected chi connectivity index (χ4v) is 2.67. The fraction of sp³-hybridized carbons (Fsp3) is 0.818. The molecule has 3 unspecified atom stereocenters. The van der Waals surface area contributed by atoms with Crippen molar-refractivity contribution in [1.82, 2.24) is 10.2 Å². The zero-order chi connectivity index (χ0) is 14.6. The lowest BCUT2D eigenvalue weighted by Gasteiger charge is -2.24. The van der Waals surface area contributed by atoms with E-state index in [-0.39, 0.29) is 19.0 Å². The molecule has 1 fully saturated rings. The number of aliphatic carboxylic acids is 1. The second kappa shape index (κ2) is 6.85. The number of urea groups is 1. The molecular formula is C11H20N2O5S. The molecule has 3 N–H and O–H groups in total. The lowest BCUT2D eigenvalue weighted by atomic mass is 10.2. The van der Waals surface area contributed by atoms with E-state index in [1.54, 1.807) is 13.2 Å². The summed E-state index contributed by atoms with van der Waals surface area (Å²) in [5, 5.41) is 21.1. The van der Waals surface area contributed by atoms with E-state index in [0.717, 1.165) is 4.90 Å². The largest absolute Gasteiger partial charge is 0.480 e. The molecule has 0 aromatic carbocycles. The van der Waals surface area contributed by atoms with Crippen LogP contribution in [0.3, 0.4) is 0 Å². The average molecular weight is 292 g/mol. The normalized spacial score (nSPS) is 25.9. The smallest absolute Gasteiger partial charge is 0.326 e. The predicted molar refractivity (Wildman–Crippen MR) is 70.3 cm³/mol. The zero-order valence-electron chi connectivity index (χ0n) is 11.0. The molecule has 0 radical (unpaired) electrons. The number of β-amino-alcohol motifs (C(OH)–C–C–N with tert-alkyl or cyclic N) is 1. The first-order valence-electron chi connectivity index (χ1n) is 6.09. The molecule has 0 aromatic heterocycles. The first-order chi connectivity index (χ1) is 8.81. The highest BCUT2D eigenvalue weighted by Gasteiger charge is 2.39. The number of carboxylic acids is 1. The van der Waals surface area contributed by atoms with Crippen molar-refractivity contribution < 1.29 is 24.0 Å². The molecule has 0 aromatic rings. The maximum atomic E-state index is 11.9. The molecule has 8 heteroatoms. The number of carbonyl (C=O) groups excluding carboxylic acids is 1. The number of nitrogens with one attached hydrogen (secondary N) is 1. The minimum absolute atomic E-state index is 0.0230. The van der Waals surface area contributed by atoms with Crippen molar-refractivity contribution in [3.63, 3.8) is 0 Å². The molecular weight excluding hydrogens is 272 g/mol. The Labute approximate surface area is 114 Å². The van der Waals surface area contributed by atoms with Gasteiger partial charge in [0.15, 0.2) is 0 Å². The Bertz CT molecular complexity index is 376. The number of nitrogens with zero attached hydrogens (tertiary/aromatic N) is 1. The van der Waals surface area contributed by atoms with Crippen molar-refractivity contribution in [2.24, 2.45) is 0 Å². The van der Waals surface area contributed by atoms with E-state index in [1.807, 2.05) is 0 Å². The van der Waals surface area contributed by atoms with Gasteiger partial charge in [0.1, 0.15) is 6.04 Å². The fourth-order valence-electron chi connectivity index (χ4n) is 1.98. The molecule has 1 rings (SSSR count). The van der Waals surface area contributed by atoms with Crippen LogP contribution in [0.2, 0.25) is 0 Å². The van der Waals surface area contributed by atoms with Gasteiger partial charge in [0.05, 0.1) is 6.10 Å². The number of amides is 2. The van der Waals surface area contributed by atoms with Gasteiger partial charge in [-0.05, 0) is 13.3 Å². The number of hydrogen-bond donors (Lipinski definition) is 3. The Morgan fingerprint density at radius 1 is 1.53 bits per heavy atom. The maximum Gasteiger partial charge on any atom is 0.326 e. The van der Waals surface area contributed by atoms with Crippen molar-refractivity contribution in [3.05, 3.63) is 0 Å². The van der Waals surface area contributed by atoms with Crippen LogP contribution in [0.1, 0.15) is 19.8 Å². The lowest BCUT2D eigenvalue weighted by Crippen LogP contribution is -2.48. The van der Waals surface area contributed by atoms with Crippen LogP contribution in [0.15, 0.2) is 0 Å². The summed E-state index contributed by atoms with van der Waals surface area (Å²) in [6, 6.07) is -1.68. The topological polar surface area (TPSA) is 107 Å². The van der Waals surface area contributed by atoms with Gasteiger partial charge < -0.3 is 20.4 Å². The number of aliphatic hydroxyl groups excluding tert-OH is 1. The van der Waals surface area contributed by atoms with Crippen LogP contribution in [0.4, 0.5) is 4.79 Å².